The second kappa shape index (κ2) is 10.1. The van der Waals surface area contributed by atoms with Crippen LogP contribution in [0.2, 0.25) is 5.02 Å². The molecule has 6 nitrogen and oxygen atoms in total. The first-order valence-corrected chi connectivity index (χ1v) is 10.9. The smallest absolute Gasteiger partial charge is 0.191 e. The van der Waals surface area contributed by atoms with Gasteiger partial charge in [-0.05, 0) is 38.3 Å². The summed E-state index contributed by atoms with van der Waals surface area (Å²) in [6.07, 6.45) is 1.89. The van der Waals surface area contributed by atoms with Crippen LogP contribution in [0.5, 0.6) is 0 Å². The largest absolute Gasteiger partial charge is 0.381 e. The Kier molecular flexibility index (Phi) is 7.79. The van der Waals surface area contributed by atoms with E-state index in [2.05, 4.69) is 46.5 Å². The first kappa shape index (κ1) is 22.3. The Morgan fingerprint density at radius 1 is 1.10 bits per heavy atom. The van der Waals surface area contributed by atoms with Crippen molar-refractivity contribution in [2.24, 2.45) is 4.99 Å². The summed E-state index contributed by atoms with van der Waals surface area (Å²) in [6.45, 7) is 11.2. The molecule has 0 radical (unpaired) electrons. The van der Waals surface area contributed by atoms with Gasteiger partial charge in [-0.1, -0.05) is 29.8 Å². The zero-order valence-electron chi connectivity index (χ0n) is 18.0. The number of ether oxygens (including phenoxy) is 2. The van der Waals surface area contributed by atoms with E-state index in [1.54, 1.807) is 0 Å². The van der Waals surface area contributed by atoms with Crippen molar-refractivity contribution in [3.05, 3.63) is 34.9 Å². The maximum atomic E-state index is 6.57. The van der Waals surface area contributed by atoms with Crippen LogP contribution in [0, 0.1) is 0 Å². The van der Waals surface area contributed by atoms with Gasteiger partial charge in [0.2, 0.25) is 0 Å². The zero-order chi connectivity index (χ0) is 20.7. The normalized spacial score (nSPS) is 21.0. The third-order valence-corrected chi connectivity index (χ3v) is 6.60. The number of rotatable bonds is 6. The second-order valence-electron chi connectivity index (χ2n) is 8.56. The van der Waals surface area contributed by atoms with E-state index in [1.165, 1.54) is 5.56 Å². The molecule has 0 amide bonds. The van der Waals surface area contributed by atoms with E-state index < -0.39 is 0 Å². The van der Waals surface area contributed by atoms with E-state index >= 15 is 0 Å². The van der Waals surface area contributed by atoms with Gasteiger partial charge in [0.15, 0.2) is 5.96 Å². The van der Waals surface area contributed by atoms with Crippen LogP contribution >= 0.6 is 11.6 Å². The molecule has 2 aliphatic rings. The highest BCUT2D eigenvalue weighted by molar-refractivity contribution is 6.31. The molecule has 0 saturated carbocycles. The summed E-state index contributed by atoms with van der Waals surface area (Å²) in [7, 11) is 1.82. The number of hydrogen-bond donors (Lipinski definition) is 2. The molecule has 162 valence electrons. The molecular formula is C22H35ClN4O2. The highest BCUT2D eigenvalue weighted by Gasteiger charge is 2.36. The average Bonchev–Trinajstić information content (AvgIpc) is 2.75. The van der Waals surface area contributed by atoms with Crippen molar-refractivity contribution in [3.8, 4) is 0 Å². The Morgan fingerprint density at radius 2 is 1.76 bits per heavy atom. The van der Waals surface area contributed by atoms with Crippen LogP contribution in [0.25, 0.3) is 0 Å². The molecule has 0 atom stereocenters. The SMILES string of the molecule is CN=C(NCC1(c2ccccc2Cl)CCOCC1)NCC(C)(C)N1CCOCC1. The molecule has 2 aliphatic heterocycles. The fraction of sp³-hybridized carbons (Fsp3) is 0.682. The van der Waals surface area contributed by atoms with Crippen molar-refractivity contribution in [1.82, 2.24) is 15.5 Å². The first-order valence-electron chi connectivity index (χ1n) is 10.6. The molecule has 3 rings (SSSR count). The Labute approximate surface area is 180 Å². The fourth-order valence-electron chi connectivity index (χ4n) is 4.25. The zero-order valence-corrected chi connectivity index (χ0v) is 18.7. The number of aliphatic imine (C=N–C) groups is 1. The number of benzene rings is 1. The number of morpholine rings is 1. The van der Waals surface area contributed by atoms with Crippen LogP contribution in [-0.4, -0.2) is 76.1 Å². The summed E-state index contributed by atoms with van der Waals surface area (Å²) in [4.78, 5) is 6.93. The second-order valence-corrected chi connectivity index (χ2v) is 8.97. The molecule has 1 aromatic carbocycles. The monoisotopic (exact) mass is 422 g/mol. The van der Waals surface area contributed by atoms with Gasteiger partial charge in [0.1, 0.15) is 0 Å². The maximum Gasteiger partial charge on any atom is 0.191 e. The minimum absolute atomic E-state index is 0.0283. The fourth-order valence-corrected chi connectivity index (χ4v) is 4.58. The van der Waals surface area contributed by atoms with Gasteiger partial charge in [0.05, 0.1) is 13.2 Å². The molecule has 2 saturated heterocycles. The highest BCUT2D eigenvalue weighted by atomic mass is 35.5. The molecule has 0 bridgehead atoms. The Balaban J connectivity index is 1.63. The lowest BCUT2D eigenvalue weighted by molar-refractivity contribution is -0.00835. The Hall–Kier alpha value is -1.34. The summed E-state index contributed by atoms with van der Waals surface area (Å²) < 4.78 is 11.1. The van der Waals surface area contributed by atoms with E-state index in [0.29, 0.717) is 0 Å². The molecule has 0 unspecified atom stereocenters. The van der Waals surface area contributed by atoms with Crippen molar-refractivity contribution in [2.75, 3.05) is 59.7 Å². The summed E-state index contributed by atoms with van der Waals surface area (Å²) in [5, 5.41) is 7.91. The first-order chi connectivity index (χ1) is 14.0. The third kappa shape index (κ3) is 5.63. The van der Waals surface area contributed by atoms with Gasteiger partial charge in [0.25, 0.3) is 0 Å². The van der Waals surface area contributed by atoms with Crippen LogP contribution in [0.15, 0.2) is 29.3 Å². The molecular weight excluding hydrogens is 388 g/mol. The van der Waals surface area contributed by atoms with Gasteiger partial charge in [0, 0.05) is 62.4 Å². The minimum Gasteiger partial charge on any atom is -0.381 e. The molecule has 2 heterocycles. The third-order valence-electron chi connectivity index (χ3n) is 6.27. The van der Waals surface area contributed by atoms with Gasteiger partial charge in [-0.15, -0.1) is 0 Å². The molecule has 7 heteroatoms. The van der Waals surface area contributed by atoms with E-state index in [-0.39, 0.29) is 11.0 Å². The van der Waals surface area contributed by atoms with E-state index in [0.717, 1.165) is 76.4 Å². The van der Waals surface area contributed by atoms with Crippen molar-refractivity contribution < 1.29 is 9.47 Å². The Bertz CT molecular complexity index is 683. The minimum atomic E-state index is -0.0477. The topological polar surface area (TPSA) is 58.1 Å². The lowest BCUT2D eigenvalue weighted by Gasteiger charge is -2.41. The predicted molar refractivity (Wildman–Crippen MR) is 119 cm³/mol. The number of hydrogen-bond acceptors (Lipinski definition) is 4. The molecule has 2 N–H and O–H groups in total. The number of nitrogens with one attached hydrogen (secondary N) is 2. The number of nitrogens with zero attached hydrogens (tertiary/aromatic N) is 2. The van der Waals surface area contributed by atoms with Gasteiger partial charge in [-0.2, -0.15) is 0 Å². The quantitative estimate of drug-likeness (QED) is 0.545. The van der Waals surface area contributed by atoms with E-state index in [9.17, 15) is 0 Å². The van der Waals surface area contributed by atoms with Crippen LogP contribution in [0.1, 0.15) is 32.3 Å². The molecule has 2 fully saturated rings. The summed E-state index contributed by atoms with van der Waals surface area (Å²) in [6, 6.07) is 8.18. The van der Waals surface area contributed by atoms with Crippen LogP contribution in [0.4, 0.5) is 0 Å². The standard InChI is InChI=1S/C22H35ClN4O2/c1-21(2,27-10-14-29-15-11-27)16-25-20(24-3)26-17-22(8-12-28-13-9-22)18-6-4-5-7-19(18)23/h4-7H,8-17H2,1-3H3,(H2,24,25,26). The summed E-state index contributed by atoms with van der Waals surface area (Å²) in [5.74, 6) is 0.823. The Morgan fingerprint density at radius 3 is 2.41 bits per heavy atom. The molecule has 0 aliphatic carbocycles. The number of halogens is 1. The molecule has 0 aromatic heterocycles. The van der Waals surface area contributed by atoms with Crippen molar-refractivity contribution in [1.29, 1.82) is 0 Å². The maximum absolute atomic E-state index is 6.57. The van der Waals surface area contributed by atoms with E-state index in [1.807, 2.05) is 19.2 Å². The van der Waals surface area contributed by atoms with Crippen LogP contribution in [-0.2, 0) is 14.9 Å². The van der Waals surface area contributed by atoms with Gasteiger partial charge < -0.3 is 20.1 Å². The predicted octanol–water partition coefficient (Wildman–Crippen LogP) is 2.66. The average molecular weight is 423 g/mol. The summed E-state index contributed by atoms with van der Waals surface area (Å²) >= 11 is 6.57. The molecule has 1 aromatic rings. The van der Waals surface area contributed by atoms with Crippen molar-refractivity contribution >= 4 is 17.6 Å². The molecule has 29 heavy (non-hydrogen) atoms. The molecule has 0 spiro atoms. The van der Waals surface area contributed by atoms with Crippen LogP contribution in [0.3, 0.4) is 0 Å². The lowest BCUT2D eigenvalue weighted by Crippen LogP contribution is -2.57. The van der Waals surface area contributed by atoms with Crippen LogP contribution < -0.4 is 10.6 Å². The van der Waals surface area contributed by atoms with Gasteiger partial charge in [-0.25, -0.2) is 0 Å². The van der Waals surface area contributed by atoms with Gasteiger partial charge >= 0.3 is 0 Å². The van der Waals surface area contributed by atoms with Crippen molar-refractivity contribution in [3.63, 3.8) is 0 Å². The summed E-state index contributed by atoms with van der Waals surface area (Å²) in [5.41, 5.74) is 1.18. The van der Waals surface area contributed by atoms with E-state index in [4.69, 9.17) is 21.1 Å². The highest BCUT2D eigenvalue weighted by Crippen LogP contribution is 2.38. The van der Waals surface area contributed by atoms with Gasteiger partial charge in [-0.3, -0.25) is 9.89 Å². The number of guanidine groups is 1. The van der Waals surface area contributed by atoms with Crippen molar-refractivity contribution in [2.45, 2.75) is 37.6 Å². The lowest BCUT2D eigenvalue weighted by atomic mass is 9.74.